The summed E-state index contributed by atoms with van der Waals surface area (Å²) in [6.45, 7) is 3.25. The summed E-state index contributed by atoms with van der Waals surface area (Å²) < 4.78 is 0. The average molecular weight is 204 g/mol. The molecule has 0 amide bonds. The van der Waals surface area contributed by atoms with E-state index in [1.54, 1.807) is 6.07 Å². The minimum Gasteiger partial charge on any atom is -0.382 e. The van der Waals surface area contributed by atoms with E-state index in [-0.39, 0.29) is 5.84 Å². The van der Waals surface area contributed by atoms with Crippen LogP contribution in [0, 0.1) is 5.41 Å². The van der Waals surface area contributed by atoms with Gasteiger partial charge in [0.05, 0.1) is 0 Å². The van der Waals surface area contributed by atoms with E-state index in [0.717, 1.165) is 12.4 Å². The zero-order valence-corrected chi connectivity index (χ0v) is 8.90. The van der Waals surface area contributed by atoms with Crippen LogP contribution >= 0.6 is 0 Å². The third-order valence-electron chi connectivity index (χ3n) is 2.86. The second-order valence-corrected chi connectivity index (χ2v) is 3.98. The van der Waals surface area contributed by atoms with Gasteiger partial charge in [0.25, 0.3) is 0 Å². The first-order valence-corrected chi connectivity index (χ1v) is 5.26. The number of pyridine rings is 1. The van der Waals surface area contributed by atoms with Gasteiger partial charge in [-0.05, 0) is 31.9 Å². The van der Waals surface area contributed by atoms with E-state index in [4.69, 9.17) is 11.1 Å². The highest BCUT2D eigenvalue weighted by Crippen LogP contribution is 2.23. The fraction of sp³-hybridized carbons (Fsp3) is 0.455. The Morgan fingerprint density at radius 3 is 3.00 bits per heavy atom. The van der Waals surface area contributed by atoms with Crippen molar-refractivity contribution < 1.29 is 0 Å². The van der Waals surface area contributed by atoms with Crippen LogP contribution < -0.4 is 10.6 Å². The van der Waals surface area contributed by atoms with Crippen LogP contribution in [0.1, 0.15) is 25.5 Å². The van der Waals surface area contributed by atoms with E-state index in [1.165, 1.54) is 12.8 Å². The minimum atomic E-state index is 0.0312. The SMILES string of the molecule is CC1CCCN1c1cccc(C(=N)N)n1. The minimum absolute atomic E-state index is 0.0312. The Hall–Kier alpha value is -1.58. The number of nitrogens with two attached hydrogens (primary N) is 1. The van der Waals surface area contributed by atoms with Crippen molar-refractivity contribution in [3.63, 3.8) is 0 Å². The summed E-state index contributed by atoms with van der Waals surface area (Å²) in [5.74, 6) is 0.969. The van der Waals surface area contributed by atoms with E-state index in [2.05, 4.69) is 16.8 Å². The van der Waals surface area contributed by atoms with E-state index >= 15 is 0 Å². The molecule has 1 aromatic rings. The summed E-state index contributed by atoms with van der Waals surface area (Å²) in [7, 11) is 0. The predicted octanol–water partition coefficient (Wildman–Crippen LogP) is 1.35. The molecule has 0 aliphatic carbocycles. The molecule has 1 atom stereocenters. The largest absolute Gasteiger partial charge is 0.382 e. The molecule has 2 heterocycles. The van der Waals surface area contributed by atoms with Crippen molar-refractivity contribution in [2.45, 2.75) is 25.8 Å². The Bertz CT molecular complexity index is 375. The lowest BCUT2D eigenvalue weighted by Crippen LogP contribution is -2.28. The number of anilines is 1. The third-order valence-corrected chi connectivity index (χ3v) is 2.86. The maximum Gasteiger partial charge on any atom is 0.141 e. The molecular weight excluding hydrogens is 188 g/mol. The van der Waals surface area contributed by atoms with Crippen molar-refractivity contribution in [1.29, 1.82) is 5.41 Å². The number of nitrogens with one attached hydrogen (secondary N) is 1. The Kier molecular flexibility index (Phi) is 2.58. The smallest absolute Gasteiger partial charge is 0.141 e. The van der Waals surface area contributed by atoms with Crippen LogP contribution in [0.15, 0.2) is 18.2 Å². The topological polar surface area (TPSA) is 66.0 Å². The van der Waals surface area contributed by atoms with Crippen molar-refractivity contribution in [3.05, 3.63) is 23.9 Å². The summed E-state index contributed by atoms with van der Waals surface area (Å²) in [5, 5.41) is 7.35. The molecule has 0 aromatic carbocycles. The molecule has 80 valence electrons. The fourth-order valence-electron chi connectivity index (χ4n) is 2.01. The van der Waals surface area contributed by atoms with E-state index in [0.29, 0.717) is 11.7 Å². The van der Waals surface area contributed by atoms with Gasteiger partial charge >= 0.3 is 0 Å². The maximum absolute atomic E-state index is 7.35. The van der Waals surface area contributed by atoms with Crippen LogP contribution in [0.3, 0.4) is 0 Å². The highest BCUT2D eigenvalue weighted by Gasteiger charge is 2.21. The summed E-state index contributed by atoms with van der Waals surface area (Å²) in [6.07, 6.45) is 2.43. The van der Waals surface area contributed by atoms with Gasteiger partial charge in [-0.2, -0.15) is 0 Å². The molecule has 1 aliphatic rings. The fourth-order valence-corrected chi connectivity index (χ4v) is 2.01. The highest BCUT2D eigenvalue weighted by molar-refractivity contribution is 5.93. The third kappa shape index (κ3) is 1.93. The van der Waals surface area contributed by atoms with Gasteiger partial charge in [-0.1, -0.05) is 6.07 Å². The van der Waals surface area contributed by atoms with Crippen molar-refractivity contribution in [3.8, 4) is 0 Å². The Balaban J connectivity index is 2.28. The molecule has 1 saturated heterocycles. The van der Waals surface area contributed by atoms with Crippen LogP contribution in [0.2, 0.25) is 0 Å². The van der Waals surface area contributed by atoms with Gasteiger partial charge in [0.15, 0.2) is 0 Å². The maximum atomic E-state index is 7.35. The van der Waals surface area contributed by atoms with Crippen LogP contribution in [0.5, 0.6) is 0 Å². The monoisotopic (exact) mass is 204 g/mol. The number of hydrogen-bond acceptors (Lipinski definition) is 3. The summed E-state index contributed by atoms with van der Waals surface area (Å²) in [5.41, 5.74) is 5.98. The van der Waals surface area contributed by atoms with Crippen LogP contribution in [0.25, 0.3) is 0 Å². The number of aromatic nitrogens is 1. The van der Waals surface area contributed by atoms with Gasteiger partial charge in [-0.3, -0.25) is 5.41 Å². The van der Waals surface area contributed by atoms with Crippen molar-refractivity contribution in [2.75, 3.05) is 11.4 Å². The van der Waals surface area contributed by atoms with Crippen molar-refractivity contribution in [1.82, 2.24) is 4.98 Å². The lowest BCUT2D eigenvalue weighted by molar-refractivity contribution is 0.727. The molecule has 0 bridgehead atoms. The molecule has 0 radical (unpaired) electrons. The molecule has 1 aromatic heterocycles. The van der Waals surface area contributed by atoms with Gasteiger partial charge in [-0.15, -0.1) is 0 Å². The summed E-state index contributed by atoms with van der Waals surface area (Å²) >= 11 is 0. The highest BCUT2D eigenvalue weighted by atomic mass is 15.2. The Labute approximate surface area is 89.6 Å². The first-order valence-electron chi connectivity index (χ1n) is 5.26. The molecule has 4 heteroatoms. The molecule has 2 rings (SSSR count). The second-order valence-electron chi connectivity index (χ2n) is 3.98. The molecular formula is C11H16N4. The quantitative estimate of drug-likeness (QED) is 0.564. The van der Waals surface area contributed by atoms with Crippen molar-refractivity contribution >= 4 is 11.7 Å². The van der Waals surface area contributed by atoms with E-state index < -0.39 is 0 Å². The molecule has 1 aliphatic heterocycles. The average Bonchev–Trinajstić information content (AvgIpc) is 2.64. The number of hydrogen-bond donors (Lipinski definition) is 2. The first kappa shape index (κ1) is 9.96. The van der Waals surface area contributed by atoms with Crippen LogP contribution in [0.4, 0.5) is 5.82 Å². The van der Waals surface area contributed by atoms with Gasteiger partial charge < -0.3 is 10.6 Å². The van der Waals surface area contributed by atoms with E-state index in [1.807, 2.05) is 12.1 Å². The summed E-state index contributed by atoms with van der Waals surface area (Å²) in [4.78, 5) is 6.65. The van der Waals surface area contributed by atoms with Crippen molar-refractivity contribution in [2.24, 2.45) is 5.73 Å². The number of nitrogens with zero attached hydrogens (tertiary/aromatic N) is 2. The molecule has 0 saturated carbocycles. The Morgan fingerprint density at radius 1 is 1.60 bits per heavy atom. The zero-order valence-electron chi connectivity index (χ0n) is 8.90. The normalized spacial score (nSPS) is 20.6. The lowest BCUT2D eigenvalue weighted by atomic mass is 10.2. The molecule has 4 nitrogen and oxygen atoms in total. The number of nitrogen functional groups attached to an aromatic ring is 1. The number of amidine groups is 1. The van der Waals surface area contributed by atoms with Gasteiger partial charge in [0.2, 0.25) is 0 Å². The number of rotatable bonds is 2. The zero-order chi connectivity index (χ0) is 10.8. The molecule has 3 N–H and O–H groups in total. The van der Waals surface area contributed by atoms with Crippen LogP contribution in [-0.2, 0) is 0 Å². The van der Waals surface area contributed by atoms with Gasteiger partial charge in [0.1, 0.15) is 17.3 Å². The van der Waals surface area contributed by atoms with Crippen LogP contribution in [-0.4, -0.2) is 23.4 Å². The molecule has 0 spiro atoms. The summed E-state index contributed by atoms with van der Waals surface area (Å²) in [6, 6.07) is 6.20. The molecule has 15 heavy (non-hydrogen) atoms. The predicted molar refractivity (Wildman–Crippen MR) is 61.3 cm³/mol. The molecule has 1 unspecified atom stereocenters. The molecule has 1 fully saturated rings. The van der Waals surface area contributed by atoms with E-state index in [9.17, 15) is 0 Å². The lowest BCUT2D eigenvalue weighted by Gasteiger charge is -2.22. The van der Waals surface area contributed by atoms with Gasteiger partial charge in [0, 0.05) is 12.6 Å². The standard InChI is InChI=1S/C11H16N4/c1-8-4-3-7-15(8)10-6-2-5-9(14-10)11(12)13/h2,5-6,8H,3-4,7H2,1H3,(H3,12,13). The second kappa shape index (κ2) is 3.88. The Morgan fingerprint density at radius 2 is 2.40 bits per heavy atom. The van der Waals surface area contributed by atoms with Gasteiger partial charge in [-0.25, -0.2) is 4.98 Å². The first-order chi connectivity index (χ1) is 7.18.